The third-order valence-corrected chi connectivity index (χ3v) is 7.97. The smallest absolute Gasteiger partial charge is 0.311 e. The van der Waals surface area contributed by atoms with Crippen molar-refractivity contribution in [1.29, 1.82) is 0 Å². The van der Waals surface area contributed by atoms with E-state index in [-0.39, 0.29) is 24.1 Å². The number of carbonyl (C=O) groups is 3. The maximum Gasteiger partial charge on any atom is 0.311 e. The Morgan fingerprint density at radius 1 is 0.615 bits per heavy atom. The first-order valence-electron chi connectivity index (χ1n) is 15.7. The first kappa shape index (κ1) is 37.1. The molecule has 0 rings (SSSR count). The maximum atomic E-state index is 11.6. The van der Waals surface area contributed by atoms with Gasteiger partial charge in [0, 0.05) is 11.9 Å². The van der Waals surface area contributed by atoms with E-state index in [4.69, 9.17) is 0 Å². The summed E-state index contributed by atoms with van der Waals surface area (Å²) in [6.45, 7) is 8.08. The van der Waals surface area contributed by atoms with Gasteiger partial charge in [-0.25, -0.2) is 0 Å². The topological polar surface area (TPSA) is 115 Å². The van der Waals surface area contributed by atoms with Gasteiger partial charge in [0.05, 0.1) is 26.2 Å². The molecule has 3 unspecified atom stereocenters. The Balaban J connectivity index is 4.33. The van der Waals surface area contributed by atoms with Crippen molar-refractivity contribution in [3.63, 3.8) is 0 Å². The molecule has 228 valence electrons. The van der Waals surface area contributed by atoms with Gasteiger partial charge in [0.25, 0.3) is 0 Å². The highest BCUT2D eigenvalue weighted by Gasteiger charge is 2.36. The largest absolute Gasteiger partial charge is 0.550 e. The summed E-state index contributed by atoms with van der Waals surface area (Å²) in [5.41, 5.74) is 0. The first-order valence-corrected chi connectivity index (χ1v) is 15.7. The number of carboxylic acid groups (broad SMARTS) is 3. The molecule has 7 heteroatoms. The maximum absolute atomic E-state index is 11.6. The van der Waals surface area contributed by atoms with Crippen molar-refractivity contribution < 1.29 is 34.2 Å². The number of carboxylic acids is 3. The molecule has 0 radical (unpaired) electrons. The van der Waals surface area contributed by atoms with Gasteiger partial charge in [-0.15, -0.1) is 0 Å². The first-order chi connectivity index (χ1) is 18.5. The van der Waals surface area contributed by atoms with Crippen LogP contribution < -0.4 is 5.11 Å². The Morgan fingerprint density at radius 3 is 1.28 bits per heavy atom. The van der Waals surface area contributed by atoms with Crippen LogP contribution in [0.4, 0.5) is 0 Å². The van der Waals surface area contributed by atoms with Crippen molar-refractivity contribution in [2.75, 3.05) is 26.2 Å². The zero-order valence-electron chi connectivity index (χ0n) is 25.5. The van der Waals surface area contributed by atoms with E-state index in [9.17, 15) is 29.7 Å². The molecule has 0 spiro atoms. The summed E-state index contributed by atoms with van der Waals surface area (Å²) in [7, 11) is 0. The van der Waals surface area contributed by atoms with Gasteiger partial charge in [-0.1, -0.05) is 96.1 Å². The lowest BCUT2D eigenvalue weighted by atomic mass is 10.00. The van der Waals surface area contributed by atoms with Gasteiger partial charge < -0.3 is 24.6 Å². The molecule has 0 aromatic carbocycles. The summed E-state index contributed by atoms with van der Waals surface area (Å²) in [6.07, 6.45) is 24.2. The molecule has 0 aromatic rings. The lowest BCUT2D eigenvalue weighted by Gasteiger charge is -2.43. The summed E-state index contributed by atoms with van der Waals surface area (Å²) < 4.78 is 0.187. The molecule has 0 bridgehead atoms. The predicted molar refractivity (Wildman–Crippen MR) is 156 cm³/mol. The van der Waals surface area contributed by atoms with Crippen molar-refractivity contribution in [2.24, 2.45) is 17.8 Å². The Morgan fingerprint density at radius 2 is 0.949 bits per heavy atom. The summed E-state index contributed by atoms with van der Waals surface area (Å²) in [6, 6.07) is 0. The van der Waals surface area contributed by atoms with Gasteiger partial charge >= 0.3 is 11.9 Å². The molecule has 2 N–H and O–H groups in total. The molecule has 0 saturated heterocycles. The van der Waals surface area contributed by atoms with Crippen molar-refractivity contribution in [2.45, 2.75) is 130 Å². The van der Waals surface area contributed by atoms with Crippen LogP contribution >= 0.6 is 0 Å². The highest BCUT2D eigenvalue weighted by molar-refractivity contribution is 5.70. The van der Waals surface area contributed by atoms with Crippen LogP contribution in [0.25, 0.3) is 0 Å². The molecule has 0 aliphatic carbocycles. The van der Waals surface area contributed by atoms with Crippen LogP contribution in [0.5, 0.6) is 0 Å². The van der Waals surface area contributed by atoms with Crippen LogP contribution in [0.2, 0.25) is 0 Å². The SMILES string of the molecule is C/C=C/CCCCCCCCCCCCCCCCC[N+](CC(C)C(=O)[O-])(CC(C)C(=O)O)CC(C)C(=O)O. The molecule has 3 atom stereocenters. The molecular weight excluding hydrogens is 494 g/mol. The molecule has 0 aromatic heterocycles. The Bertz CT molecular complexity index is 637. The normalized spacial score (nSPS) is 15.6. The van der Waals surface area contributed by atoms with Crippen LogP contribution in [0.15, 0.2) is 12.2 Å². The average molecular weight is 554 g/mol. The fourth-order valence-electron chi connectivity index (χ4n) is 5.65. The van der Waals surface area contributed by atoms with E-state index < -0.39 is 35.7 Å². The van der Waals surface area contributed by atoms with Gasteiger partial charge in [0.2, 0.25) is 0 Å². The molecule has 0 aliphatic rings. The number of hydrogen-bond acceptors (Lipinski definition) is 4. The second kappa shape index (κ2) is 22.9. The lowest BCUT2D eigenvalue weighted by Crippen LogP contribution is -2.58. The number of hydrogen-bond donors (Lipinski definition) is 2. The predicted octanol–water partition coefficient (Wildman–Crippen LogP) is 6.45. The number of quaternary nitrogens is 1. The summed E-state index contributed by atoms with van der Waals surface area (Å²) in [5, 5.41) is 30.5. The van der Waals surface area contributed by atoms with Gasteiger partial charge in [0.1, 0.15) is 11.8 Å². The quantitative estimate of drug-likeness (QED) is 0.0686. The van der Waals surface area contributed by atoms with Crippen LogP contribution in [0, 0.1) is 17.8 Å². The van der Waals surface area contributed by atoms with E-state index in [2.05, 4.69) is 19.1 Å². The van der Waals surface area contributed by atoms with Crippen LogP contribution in [0.1, 0.15) is 130 Å². The molecule has 7 nitrogen and oxygen atoms in total. The molecule has 0 amide bonds. The zero-order valence-corrected chi connectivity index (χ0v) is 25.5. The fraction of sp³-hybridized carbons (Fsp3) is 0.844. The van der Waals surface area contributed by atoms with Gasteiger partial charge in [0.15, 0.2) is 0 Å². The Kier molecular flexibility index (Phi) is 21.8. The van der Waals surface area contributed by atoms with E-state index in [1.165, 1.54) is 83.5 Å². The number of aliphatic carboxylic acids is 3. The van der Waals surface area contributed by atoms with E-state index in [0.29, 0.717) is 6.54 Å². The minimum atomic E-state index is -1.18. The molecule has 0 aliphatic heterocycles. The van der Waals surface area contributed by atoms with Crippen LogP contribution in [-0.2, 0) is 14.4 Å². The van der Waals surface area contributed by atoms with Crippen LogP contribution in [-0.4, -0.2) is 58.8 Å². The average Bonchev–Trinajstić information content (AvgIpc) is 2.87. The second-order valence-electron chi connectivity index (χ2n) is 12.0. The zero-order chi connectivity index (χ0) is 29.5. The summed E-state index contributed by atoms with van der Waals surface area (Å²) in [5.74, 6) is -5.23. The number of unbranched alkanes of at least 4 members (excludes halogenated alkanes) is 15. The van der Waals surface area contributed by atoms with Gasteiger partial charge in [-0.2, -0.15) is 0 Å². The highest BCUT2D eigenvalue weighted by atomic mass is 16.4. The van der Waals surface area contributed by atoms with Gasteiger partial charge in [-0.3, -0.25) is 9.59 Å². The molecule has 0 saturated carbocycles. The monoisotopic (exact) mass is 553 g/mol. The number of carbonyl (C=O) groups excluding carboxylic acids is 1. The minimum absolute atomic E-state index is 0.187. The van der Waals surface area contributed by atoms with E-state index in [1.807, 2.05) is 0 Å². The number of nitrogens with zero attached hydrogens (tertiary/aromatic N) is 1. The van der Waals surface area contributed by atoms with Crippen molar-refractivity contribution in [1.82, 2.24) is 0 Å². The van der Waals surface area contributed by atoms with Crippen molar-refractivity contribution in [3.8, 4) is 0 Å². The van der Waals surface area contributed by atoms with Crippen molar-refractivity contribution >= 4 is 17.9 Å². The summed E-state index contributed by atoms with van der Waals surface area (Å²) >= 11 is 0. The molecule has 39 heavy (non-hydrogen) atoms. The Hall–Kier alpha value is -1.89. The van der Waals surface area contributed by atoms with Crippen molar-refractivity contribution in [3.05, 3.63) is 12.2 Å². The Labute approximate surface area is 238 Å². The van der Waals surface area contributed by atoms with E-state index in [1.54, 1.807) is 20.8 Å². The van der Waals surface area contributed by atoms with Crippen LogP contribution in [0.3, 0.4) is 0 Å². The summed E-state index contributed by atoms with van der Waals surface area (Å²) in [4.78, 5) is 34.7. The molecule has 0 heterocycles. The van der Waals surface area contributed by atoms with E-state index in [0.717, 1.165) is 19.3 Å². The number of allylic oxidation sites excluding steroid dienone is 2. The molecule has 0 fully saturated rings. The third-order valence-electron chi connectivity index (χ3n) is 7.97. The number of rotatable bonds is 27. The highest BCUT2D eigenvalue weighted by Crippen LogP contribution is 2.22. The minimum Gasteiger partial charge on any atom is -0.550 e. The standard InChI is InChI=1S/C32H59NO6/c1-5-6-7-8-9-10-11-12-13-14-15-16-17-18-19-20-21-22-23-33(24-27(2)30(34)35,25-28(3)31(36)37)26-29(4)32(38)39/h5-6,27-29H,7-26H2,1-4H3,(H2-,34,35,36,37,38,39)/b6-5+. The second-order valence-corrected chi connectivity index (χ2v) is 12.0. The lowest BCUT2D eigenvalue weighted by molar-refractivity contribution is -0.934. The van der Waals surface area contributed by atoms with Gasteiger partial charge in [-0.05, 0) is 46.5 Å². The molecular formula is C32H59NO6. The fourth-order valence-corrected chi connectivity index (χ4v) is 5.65. The third kappa shape index (κ3) is 19.8. The van der Waals surface area contributed by atoms with E-state index >= 15 is 0 Å².